The van der Waals surface area contributed by atoms with Crippen molar-refractivity contribution in [2.45, 2.75) is 19.9 Å². The quantitative estimate of drug-likeness (QED) is 0.347. The Hall–Kier alpha value is -2.72. The van der Waals surface area contributed by atoms with Gasteiger partial charge in [0.25, 0.3) is 5.56 Å². The third-order valence-corrected chi connectivity index (χ3v) is 7.11. The number of allylic oxidation sites excluding steroid dienone is 1. The fourth-order valence-corrected chi connectivity index (χ4v) is 5.18. The molecule has 0 spiro atoms. The second-order valence-electron chi connectivity index (χ2n) is 7.84. The van der Waals surface area contributed by atoms with E-state index in [0.717, 1.165) is 20.4 Å². The van der Waals surface area contributed by atoms with Crippen LogP contribution in [0.25, 0.3) is 6.08 Å². The first-order valence-electron chi connectivity index (χ1n) is 10.5. The number of carbonyl (C=O) groups excluding carboxylic acids is 1. The Morgan fingerprint density at radius 3 is 2.45 bits per heavy atom. The van der Waals surface area contributed by atoms with Gasteiger partial charge in [0.05, 0.1) is 28.5 Å². The van der Waals surface area contributed by atoms with Crippen LogP contribution in [-0.2, 0) is 9.53 Å². The molecule has 1 unspecified atom stereocenters. The highest BCUT2D eigenvalue weighted by molar-refractivity contribution is 14.1. The number of benzene rings is 2. The minimum Gasteiger partial charge on any atom is -0.463 e. The van der Waals surface area contributed by atoms with E-state index in [4.69, 9.17) is 4.74 Å². The smallest absolute Gasteiger partial charge is 0.338 e. The van der Waals surface area contributed by atoms with Gasteiger partial charge in [-0.3, -0.25) is 9.36 Å². The minimum absolute atomic E-state index is 0.173. The molecule has 1 aliphatic rings. The van der Waals surface area contributed by atoms with Crippen LogP contribution in [0.5, 0.6) is 0 Å². The molecule has 6 nitrogen and oxygen atoms in total. The third-order valence-electron chi connectivity index (χ3n) is 5.41. The molecular weight excluding hydrogens is 549 g/mol. The number of hydrogen-bond donors (Lipinski definition) is 0. The molecule has 1 aliphatic heterocycles. The second kappa shape index (κ2) is 9.64. The molecule has 0 saturated heterocycles. The van der Waals surface area contributed by atoms with Gasteiger partial charge >= 0.3 is 5.97 Å². The maximum Gasteiger partial charge on any atom is 0.338 e. The van der Waals surface area contributed by atoms with E-state index in [9.17, 15) is 9.59 Å². The summed E-state index contributed by atoms with van der Waals surface area (Å²) in [6, 6.07) is 15.2. The number of hydrogen-bond acceptors (Lipinski definition) is 6. The molecule has 0 N–H and O–H groups in total. The molecule has 170 valence electrons. The molecule has 1 aromatic heterocycles. The normalized spacial score (nSPS) is 15.8. The lowest BCUT2D eigenvalue weighted by atomic mass is 9.95. The van der Waals surface area contributed by atoms with Crippen molar-refractivity contribution in [1.29, 1.82) is 0 Å². The Bertz CT molecular complexity index is 1400. The molecule has 2 heterocycles. The summed E-state index contributed by atoms with van der Waals surface area (Å²) < 4.78 is 8.67. The van der Waals surface area contributed by atoms with Gasteiger partial charge in [0, 0.05) is 23.4 Å². The van der Waals surface area contributed by atoms with Gasteiger partial charge in [-0.05, 0) is 77.9 Å². The van der Waals surface area contributed by atoms with E-state index in [2.05, 4.69) is 27.6 Å². The molecule has 2 aromatic carbocycles. The van der Waals surface area contributed by atoms with Gasteiger partial charge in [-0.25, -0.2) is 9.79 Å². The number of fused-ring (bicyclic) bond motifs is 1. The Balaban J connectivity index is 1.92. The topological polar surface area (TPSA) is 63.9 Å². The van der Waals surface area contributed by atoms with Crippen LogP contribution in [0.1, 0.15) is 31.0 Å². The van der Waals surface area contributed by atoms with E-state index in [-0.39, 0.29) is 12.2 Å². The zero-order chi connectivity index (χ0) is 23.7. The van der Waals surface area contributed by atoms with Gasteiger partial charge in [0.15, 0.2) is 4.80 Å². The van der Waals surface area contributed by atoms with E-state index in [1.807, 2.05) is 73.6 Å². The zero-order valence-corrected chi connectivity index (χ0v) is 21.8. The number of carbonyl (C=O) groups is 1. The number of halogens is 1. The molecule has 0 bridgehead atoms. The van der Waals surface area contributed by atoms with Gasteiger partial charge < -0.3 is 9.64 Å². The summed E-state index contributed by atoms with van der Waals surface area (Å²) in [6.45, 7) is 3.81. The van der Waals surface area contributed by atoms with E-state index in [1.54, 1.807) is 18.4 Å². The van der Waals surface area contributed by atoms with E-state index < -0.39 is 12.0 Å². The number of esters is 1. The lowest BCUT2D eigenvalue weighted by Gasteiger charge is -2.25. The van der Waals surface area contributed by atoms with Gasteiger partial charge in [-0.15, -0.1) is 0 Å². The maximum atomic E-state index is 13.6. The van der Waals surface area contributed by atoms with Crippen LogP contribution in [0.4, 0.5) is 5.69 Å². The number of ether oxygens (including phenoxy) is 1. The van der Waals surface area contributed by atoms with Gasteiger partial charge in [0.2, 0.25) is 0 Å². The zero-order valence-electron chi connectivity index (χ0n) is 18.8. The van der Waals surface area contributed by atoms with Crippen LogP contribution in [0.2, 0.25) is 0 Å². The highest BCUT2D eigenvalue weighted by Gasteiger charge is 2.33. The van der Waals surface area contributed by atoms with Gasteiger partial charge in [0.1, 0.15) is 0 Å². The molecule has 0 radical (unpaired) electrons. The van der Waals surface area contributed by atoms with Crippen LogP contribution in [0.15, 0.2) is 69.6 Å². The van der Waals surface area contributed by atoms with Crippen LogP contribution < -0.4 is 19.8 Å². The predicted octanol–water partition coefficient (Wildman–Crippen LogP) is 3.47. The Morgan fingerprint density at radius 2 is 1.85 bits per heavy atom. The highest BCUT2D eigenvalue weighted by atomic mass is 127. The van der Waals surface area contributed by atoms with Crippen molar-refractivity contribution in [3.63, 3.8) is 0 Å². The number of rotatable bonds is 5. The number of nitrogens with zero attached hydrogens (tertiary/aromatic N) is 3. The monoisotopic (exact) mass is 573 g/mol. The van der Waals surface area contributed by atoms with Crippen LogP contribution >= 0.6 is 33.9 Å². The molecule has 1 atom stereocenters. The largest absolute Gasteiger partial charge is 0.463 e. The molecule has 0 aliphatic carbocycles. The van der Waals surface area contributed by atoms with Crippen molar-refractivity contribution in [3.8, 4) is 0 Å². The van der Waals surface area contributed by atoms with Crippen molar-refractivity contribution < 1.29 is 9.53 Å². The second-order valence-corrected chi connectivity index (χ2v) is 10.1. The van der Waals surface area contributed by atoms with Gasteiger partial charge in [-0.1, -0.05) is 35.6 Å². The molecule has 3 aromatic rings. The van der Waals surface area contributed by atoms with Gasteiger partial charge in [-0.2, -0.15) is 0 Å². The summed E-state index contributed by atoms with van der Waals surface area (Å²) >= 11 is 3.58. The Kier molecular flexibility index (Phi) is 6.85. The number of thiazole rings is 1. The Labute approximate surface area is 209 Å². The van der Waals surface area contributed by atoms with E-state index >= 15 is 0 Å². The molecule has 33 heavy (non-hydrogen) atoms. The minimum atomic E-state index is -0.601. The van der Waals surface area contributed by atoms with E-state index in [1.165, 1.54) is 11.3 Å². The predicted molar refractivity (Wildman–Crippen MR) is 140 cm³/mol. The molecule has 0 saturated carbocycles. The molecule has 0 amide bonds. The lowest BCUT2D eigenvalue weighted by Crippen LogP contribution is -2.39. The van der Waals surface area contributed by atoms with Crippen molar-refractivity contribution in [2.75, 3.05) is 25.6 Å². The van der Waals surface area contributed by atoms with Crippen molar-refractivity contribution in [1.82, 2.24) is 4.57 Å². The van der Waals surface area contributed by atoms with Crippen LogP contribution in [0.3, 0.4) is 0 Å². The lowest BCUT2D eigenvalue weighted by molar-refractivity contribution is -0.139. The fraction of sp³-hybridized carbons (Fsp3) is 0.240. The summed E-state index contributed by atoms with van der Waals surface area (Å²) in [4.78, 5) is 33.7. The molecule has 0 fully saturated rings. The van der Waals surface area contributed by atoms with Crippen molar-refractivity contribution in [2.24, 2.45) is 4.99 Å². The standard InChI is InChI=1S/C25H24IN3O3S/c1-5-32-24(31)21-15(2)27-25-29(22(21)17-8-12-19(13-9-17)28(3)4)23(30)20(33-25)14-16-6-10-18(26)11-7-16/h6-14,22H,5H2,1-4H3/b20-14-. The maximum absolute atomic E-state index is 13.6. The van der Waals surface area contributed by atoms with E-state index in [0.29, 0.717) is 20.6 Å². The number of anilines is 1. The SMILES string of the molecule is CCOC(=O)C1=C(C)N=c2s/c(=C\c3ccc(I)cc3)c(=O)n2C1c1ccc(N(C)C)cc1. The fourth-order valence-electron chi connectivity index (χ4n) is 3.77. The summed E-state index contributed by atoms with van der Waals surface area (Å²) in [5.41, 5.74) is 3.59. The van der Waals surface area contributed by atoms with Crippen molar-refractivity contribution >= 4 is 51.7 Å². The first-order valence-corrected chi connectivity index (χ1v) is 12.4. The van der Waals surface area contributed by atoms with Crippen LogP contribution in [0, 0.1) is 3.57 Å². The first kappa shape index (κ1) is 23.4. The molecule has 4 rings (SSSR count). The Morgan fingerprint density at radius 1 is 1.18 bits per heavy atom. The summed E-state index contributed by atoms with van der Waals surface area (Å²) in [5, 5.41) is 0. The average molecular weight is 573 g/mol. The third kappa shape index (κ3) is 4.67. The first-order chi connectivity index (χ1) is 15.8. The highest BCUT2D eigenvalue weighted by Crippen LogP contribution is 2.31. The summed E-state index contributed by atoms with van der Waals surface area (Å²) in [6.07, 6.45) is 1.87. The average Bonchev–Trinajstić information content (AvgIpc) is 3.09. The number of aromatic nitrogens is 1. The van der Waals surface area contributed by atoms with Crippen LogP contribution in [-0.4, -0.2) is 31.2 Å². The summed E-state index contributed by atoms with van der Waals surface area (Å²) in [5.74, 6) is -0.452. The molecule has 8 heteroatoms. The summed E-state index contributed by atoms with van der Waals surface area (Å²) in [7, 11) is 3.94. The molecular formula is C25H24IN3O3S. The van der Waals surface area contributed by atoms with Crippen molar-refractivity contribution in [3.05, 3.63) is 94.2 Å².